The van der Waals surface area contributed by atoms with Crippen LogP contribution in [0.25, 0.3) is 0 Å². The Hall–Kier alpha value is -0.850. The smallest absolute Gasteiger partial charge is 0.146 e. The van der Waals surface area contributed by atoms with Gasteiger partial charge in [0.05, 0.1) is 0 Å². The second kappa shape index (κ2) is 4.20. The number of carbonyl (C=O) groups excluding carboxylic acids is 1. The third-order valence-corrected chi connectivity index (χ3v) is 4.76. The fourth-order valence-corrected chi connectivity index (χ4v) is 3.49. The number of fused-ring (bicyclic) bond motifs is 1. The van der Waals surface area contributed by atoms with Crippen LogP contribution in [-0.4, -0.2) is 6.29 Å². The van der Waals surface area contributed by atoms with E-state index in [0.717, 1.165) is 24.7 Å². The number of hydrogen-bond acceptors (Lipinski definition) is 1. The summed E-state index contributed by atoms with van der Waals surface area (Å²) in [5.41, 5.74) is 2.72. The molecule has 0 aromatic carbocycles. The zero-order valence-corrected chi connectivity index (χ0v) is 10.5. The fraction of sp³-hybridized carbons (Fsp3) is 0.667. The Balaban J connectivity index is 2.24. The lowest BCUT2D eigenvalue weighted by Crippen LogP contribution is -2.38. The Kier molecular flexibility index (Phi) is 3.05. The summed E-state index contributed by atoms with van der Waals surface area (Å²) >= 11 is 0. The van der Waals surface area contributed by atoms with Crippen molar-refractivity contribution in [3.05, 3.63) is 23.8 Å². The van der Waals surface area contributed by atoms with E-state index in [1.807, 2.05) is 0 Å². The Morgan fingerprint density at radius 1 is 1.56 bits per heavy atom. The number of rotatable bonds is 2. The van der Waals surface area contributed by atoms with Crippen molar-refractivity contribution in [2.45, 2.75) is 46.0 Å². The summed E-state index contributed by atoms with van der Waals surface area (Å²) in [6.45, 7) is 8.57. The van der Waals surface area contributed by atoms with Crippen LogP contribution in [0.2, 0.25) is 0 Å². The van der Waals surface area contributed by atoms with E-state index in [4.69, 9.17) is 0 Å². The van der Waals surface area contributed by atoms with Crippen LogP contribution in [0, 0.1) is 17.3 Å². The molecular formula is C15H22O. The fourth-order valence-electron chi connectivity index (χ4n) is 3.49. The van der Waals surface area contributed by atoms with E-state index in [1.165, 1.54) is 24.8 Å². The number of aldehydes is 1. The average molecular weight is 218 g/mol. The van der Waals surface area contributed by atoms with Crippen molar-refractivity contribution in [2.24, 2.45) is 17.3 Å². The Morgan fingerprint density at radius 3 is 2.94 bits per heavy atom. The molecule has 0 aromatic rings. The highest BCUT2D eigenvalue weighted by molar-refractivity contribution is 5.74. The van der Waals surface area contributed by atoms with E-state index in [9.17, 15) is 4.79 Å². The summed E-state index contributed by atoms with van der Waals surface area (Å²) in [6, 6.07) is 0. The van der Waals surface area contributed by atoms with Crippen molar-refractivity contribution < 1.29 is 4.79 Å². The number of carbonyl (C=O) groups is 1. The molecule has 0 amide bonds. The molecule has 1 saturated carbocycles. The van der Waals surface area contributed by atoms with Crippen LogP contribution < -0.4 is 0 Å². The van der Waals surface area contributed by atoms with Crippen LogP contribution in [0.5, 0.6) is 0 Å². The third-order valence-electron chi connectivity index (χ3n) is 4.76. The molecule has 88 valence electrons. The highest BCUT2D eigenvalue weighted by atomic mass is 16.1. The van der Waals surface area contributed by atoms with E-state index in [0.29, 0.717) is 17.3 Å². The quantitative estimate of drug-likeness (QED) is 0.507. The highest BCUT2D eigenvalue weighted by Gasteiger charge is 2.42. The molecule has 2 rings (SSSR count). The van der Waals surface area contributed by atoms with Gasteiger partial charge in [-0.25, -0.2) is 0 Å². The highest BCUT2D eigenvalue weighted by Crippen LogP contribution is 2.52. The standard InChI is InChI=1S/C15H22O/c1-11(2)12-6-8-15(3)7-4-5-13(10-16)14(15)9-12/h5,10,12,14H,1,4,6-9H2,2-3H3/t12-,14+,15-/m1/s1. The molecule has 2 aliphatic rings. The van der Waals surface area contributed by atoms with E-state index < -0.39 is 0 Å². The summed E-state index contributed by atoms with van der Waals surface area (Å²) in [6.07, 6.45) is 9.21. The zero-order chi connectivity index (χ0) is 11.8. The van der Waals surface area contributed by atoms with Crippen LogP contribution in [0.15, 0.2) is 23.8 Å². The van der Waals surface area contributed by atoms with Gasteiger partial charge in [-0.15, -0.1) is 0 Å². The summed E-state index contributed by atoms with van der Waals surface area (Å²) < 4.78 is 0. The summed E-state index contributed by atoms with van der Waals surface area (Å²) in [4.78, 5) is 11.1. The molecule has 0 unspecified atom stereocenters. The van der Waals surface area contributed by atoms with Crippen molar-refractivity contribution in [3.63, 3.8) is 0 Å². The van der Waals surface area contributed by atoms with Crippen LogP contribution in [0.4, 0.5) is 0 Å². The lowest BCUT2D eigenvalue weighted by molar-refractivity contribution is -0.106. The van der Waals surface area contributed by atoms with Gasteiger partial charge in [-0.05, 0) is 61.9 Å². The van der Waals surface area contributed by atoms with Gasteiger partial charge in [0.2, 0.25) is 0 Å². The van der Waals surface area contributed by atoms with Gasteiger partial charge < -0.3 is 0 Å². The zero-order valence-electron chi connectivity index (χ0n) is 10.5. The van der Waals surface area contributed by atoms with Gasteiger partial charge in [0.25, 0.3) is 0 Å². The third kappa shape index (κ3) is 1.88. The Labute approximate surface area is 98.6 Å². The molecule has 0 heterocycles. The number of hydrogen-bond donors (Lipinski definition) is 0. The first-order valence-electron chi connectivity index (χ1n) is 6.37. The average Bonchev–Trinajstić information content (AvgIpc) is 2.26. The summed E-state index contributed by atoms with van der Waals surface area (Å²) in [5, 5.41) is 0. The molecule has 1 nitrogen and oxygen atoms in total. The Bertz CT molecular complexity index is 339. The topological polar surface area (TPSA) is 17.1 Å². The maximum atomic E-state index is 11.1. The molecular weight excluding hydrogens is 196 g/mol. The molecule has 1 fully saturated rings. The monoisotopic (exact) mass is 218 g/mol. The van der Waals surface area contributed by atoms with Crippen LogP contribution in [-0.2, 0) is 4.79 Å². The van der Waals surface area contributed by atoms with Crippen LogP contribution >= 0.6 is 0 Å². The van der Waals surface area contributed by atoms with Gasteiger partial charge in [-0.2, -0.15) is 0 Å². The van der Waals surface area contributed by atoms with Crippen molar-refractivity contribution in [2.75, 3.05) is 0 Å². The molecule has 1 heteroatoms. The first kappa shape index (κ1) is 11.6. The van der Waals surface area contributed by atoms with Crippen LogP contribution in [0.3, 0.4) is 0 Å². The molecule has 0 spiro atoms. The molecule has 3 atom stereocenters. The molecule has 0 saturated heterocycles. The lowest BCUT2D eigenvalue weighted by Gasteiger charge is -2.47. The Morgan fingerprint density at radius 2 is 2.31 bits per heavy atom. The van der Waals surface area contributed by atoms with Gasteiger partial charge in [-0.3, -0.25) is 4.79 Å². The minimum absolute atomic E-state index is 0.372. The van der Waals surface area contributed by atoms with Crippen molar-refractivity contribution >= 4 is 6.29 Å². The molecule has 0 N–H and O–H groups in total. The molecule has 0 aromatic heterocycles. The van der Waals surface area contributed by atoms with Gasteiger partial charge in [0, 0.05) is 0 Å². The lowest BCUT2D eigenvalue weighted by atomic mass is 9.57. The second-order valence-corrected chi connectivity index (χ2v) is 5.88. The van der Waals surface area contributed by atoms with E-state index in [1.54, 1.807) is 0 Å². The van der Waals surface area contributed by atoms with E-state index >= 15 is 0 Å². The van der Waals surface area contributed by atoms with Gasteiger partial charge >= 0.3 is 0 Å². The van der Waals surface area contributed by atoms with Crippen molar-refractivity contribution in [1.29, 1.82) is 0 Å². The first-order chi connectivity index (χ1) is 7.57. The molecule has 0 aliphatic heterocycles. The SMILES string of the molecule is C=C(C)[C@@H]1CC[C@@]2(C)CCC=C(C=O)[C@@H]2C1. The maximum absolute atomic E-state index is 11.1. The minimum Gasteiger partial charge on any atom is -0.298 e. The largest absolute Gasteiger partial charge is 0.298 e. The maximum Gasteiger partial charge on any atom is 0.146 e. The normalized spacial score (nSPS) is 38.5. The van der Waals surface area contributed by atoms with E-state index in [-0.39, 0.29) is 0 Å². The van der Waals surface area contributed by atoms with E-state index in [2.05, 4.69) is 26.5 Å². The molecule has 16 heavy (non-hydrogen) atoms. The molecule has 2 aliphatic carbocycles. The predicted octanol–water partition coefficient (Wildman–Crippen LogP) is 3.90. The first-order valence-corrected chi connectivity index (χ1v) is 6.37. The van der Waals surface area contributed by atoms with Crippen molar-refractivity contribution in [1.82, 2.24) is 0 Å². The summed E-state index contributed by atoms with van der Waals surface area (Å²) in [7, 11) is 0. The summed E-state index contributed by atoms with van der Waals surface area (Å²) in [5.74, 6) is 1.11. The number of allylic oxidation sites excluding steroid dienone is 3. The van der Waals surface area contributed by atoms with Crippen LogP contribution in [0.1, 0.15) is 46.0 Å². The van der Waals surface area contributed by atoms with Crippen molar-refractivity contribution in [3.8, 4) is 0 Å². The van der Waals surface area contributed by atoms with Gasteiger partial charge in [0.1, 0.15) is 6.29 Å². The van der Waals surface area contributed by atoms with Gasteiger partial charge in [-0.1, -0.05) is 25.2 Å². The minimum atomic E-state index is 0.372. The second-order valence-electron chi connectivity index (χ2n) is 5.88. The molecule has 0 radical (unpaired) electrons. The predicted molar refractivity (Wildman–Crippen MR) is 67.1 cm³/mol. The molecule has 0 bridgehead atoms. The van der Waals surface area contributed by atoms with Gasteiger partial charge in [0.15, 0.2) is 0 Å².